The molecular weight excluding hydrogens is 417 g/mol. The van der Waals surface area contributed by atoms with Crippen LogP contribution in [0.25, 0.3) is 0 Å². The van der Waals surface area contributed by atoms with Crippen LogP contribution in [0, 0.1) is 11.7 Å². The van der Waals surface area contributed by atoms with Crippen molar-refractivity contribution in [3.63, 3.8) is 0 Å². The fraction of sp³-hybridized carbons (Fsp3) is 0.481. The Morgan fingerprint density at radius 3 is 2.12 bits per heavy atom. The number of hydrogen-bond donors (Lipinski definition) is 0. The van der Waals surface area contributed by atoms with Gasteiger partial charge in [0.05, 0.1) is 12.5 Å². The second-order valence-electron chi connectivity index (χ2n) is 9.35. The molecule has 6 heteroatoms. The van der Waals surface area contributed by atoms with Crippen molar-refractivity contribution in [3.8, 4) is 0 Å². The molecule has 1 atom stereocenters. The third-order valence-corrected chi connectivity index (χ3v) is 7.13. The van der Waals surface area contributed by atoms with Gasteiger partial charge in [-0.1, -0.05) is 42.5 Å². The SMILES string of the molecule is CC(C(=O)N1CCC(Cc2ccccc2)CC1)N1CCN(C(=O)Cc2ccc(F)cc2)CC1. The van der Waals surface area contributed by atoms with Crippen LogP contribution in [0.5, 0.6) is 0 Å². The Kier molecular flexibility index (Phi) is 7.76. The molecule has 0 aliphatic carbocycles. The summed E-state index contributed by atoms with van der Waals surface area (Å²) in [6.45, 7) is 6.30. The molecule has 2 fully saturated rings. The summed E-state index contributed by atoms with van der Waals surface area (Å²) in [7, 11) is 0. The number of piperazine rings is 1. The average molecular weight is 452 g/mol. The van der Waals surface area contributed by atoms with E-state index in [0.717, 1.165) is 37.9 Å². The molecule has 0 bridgehead atoms. The van der Waals surface area contributed by atoms with E-state index < -0.39 is 0 Å². The van der Waals surface area contributed by atoms with E-state index in [9.17, 15) is 14.0 Å². The topological polar surface area (TPSA) is 43.9 Å². The zero-order valence-electron chi connectivity index (χ0n) is 19.5. The number of rotatable bonds is 6. The molecule has 33 heavy (non-hydrogen) atoms. The lowest BCUT2D eigenvalue weighted by atomic mass is 9.90. The van der Waals surface area contributed by atoms with Crippen molar-refractivity contribution in [1.82, 2.24) is 14.7 Å². The van der Waals surface area contributed by atoms with Crippen molar-refractivity contribution >= 4 is 11.8 Å². The fourth-order valence-electron chi connectivity index (χ4n) is 4.97. The summed E-state index contributed by atoms with van der Waals surface area (Å²) in [5, 5.41) is 0. The number of carbonyl (C=O) groups excluding carboxylic acids is 2. The third-order valence-electron chi connectivity index (χ3n) is 7.13. The first kappa shape index (κ1) is 23.4. The summed E-state index contributed by atoms with van der Waals surface area (Å²) >= 11 is 0. The van der Waals surface area contributed by atoms with Crippen molar-refractivity contribution in [1.29, 1.82) is 0 Å². The normalized spacial score (nSPS) is 18.8. The van der Waals surface area contributed by atoms with Gasteiger partial charge in [-0.3, -0.25) is 14.5 Å². The number of amides is 2. The van der Waals surface area contributed by atoms with Crippen LogP contribution in [-0.2, 0) is 22.4 Å². The number of hydrogen-bond acceptors (Lipinski definition) is 3. The molecule has 0 aromatic heterocycles. The maximum absolute atomic E-state index is 13.1. The number of nitrogens with zero attached hydrogens (tertiary/aromatic N) is 3. The first-order valence-corrected chi connectivity index (χ1v) is 12.1. The van der Waals surface area contributed by atoms with Crippen molar-refractivity contribution in [3.05, 3.63) is 71.5 Å². The smallest absolute Gasteiger partial charge is 0.239 e. The maximum atomic E-state index is 13.1. The molecule has 2 aromatic carbocycles. The molecule has 2 saturated heterocycles. The van der Waals surface area contributed by atoms with Gasteiger partial charge in [-0.05, 0) is 55.4 Å². The van der Waals surface area contributed by atoms with Crippen LogP contribution >= 0.6 is 0 Å². The van der Waals surface area contributed by atoms with Crippen molar-refractivity contribution < 1.29 is 14.0 Å². The molecule has 2 aliphatic heterocycles. The van der Waals surface area contributed by atoms with Gasteiger partial charge in [-0.2, -0.15) is 0 Å². The predicted octanol–water partition coefficient (Wildman–Crippen LogP) is 3.38. The molecule has 0 radical (unpaired) electrons. The summed E-state index contributed by atoms with van der Waals surface area (Å²) in [5.41, 5.74) is 2.20. The highest BCUT2D eigenvalue weighted by Crippen LogP contribution is 2.23. The van der Waals surface area contributed by atoms with Crippen LogP contribution in [-0.4, -0.2) is 71.8 Å². The molecular formula is C27H34FN3O2. The molecule has 2 heterocycles. The van der Waals surface area contributed by atoms with Gasteiger partial charge in [0, 0.05) is 39.3 Å². The van der Waals surface area contributed by atoms with Gasteiger partial charge in [-0.15, -0.1) is 0 Å². The van der Waals surface area contributed by atoms with Crippen molar-refractivity contribution in [2.75, 3.05) is 39.3 Å². The van der Waals surface area contributed by atoms with Crippen LogP contribution in [0.1, 0.15) is 30.9 Å². The van der Waals surface area contributed by atoms with E-state index in [4.69, 9.17) is 0 Å². The van der Waals surface area contributed by atoms with Crippen LogP contribution in [0.2, 0.25) is 0 Å². The molecule has 2 aromatic rings. The van der Waals surface area contributed by atoms with Gasteiger partial charge in [-0.25, -0.2) is 4.39 Å². The van der Waals surface area contributed by atoms with E-state index in [-0.39, 0.29) is 30.1 Å². The van der Waals surface area contributed by atoms with Crippen LogP contribution in [0.4, 0.5) is 4.39 Å². The first-order valence-electron chi connectivity index (χ1n) is 12.1. The monoisotopic (exact) mass is 451 g/mol. The Hall–Kier alpha value is -2.73. The summed E-state index contributed by atoms with van der Waals surface area (Å²) in [5.74, 6) is 0.612. The Morgan fingerprint density at radius 1 is 0.848 bits per heavy atom. The number of likely N-dealkylation sites (tertiary alicyclic amines) is 1. The van der Waals surface area contributed by atoms with Crippen LogP contribution in [0.15, 0.2) is 54.6 Å². The number of benzene rings is 2. The van der Waals surface area contributed by atoms with E-state index in [2.05, 4.69) is 29.2 Å². The first-order chi connectivity index (χ1) is 16.0. The molecule has 2 aliphatic rings. The summed E-state index contributed by atoms with van der Waals surface area (Å²) in [6, 6.07) is 16.5. The summed E-state index contributed by atoms with van der Waals surface area (Å²) < 4.78 is 13.1. The van der Waals surface area contributed by atoms with Crippen LogP contribution < -0.4 is 0 Å². The van der Waals surface area contributed by atoms with Crippen molar-refractivity contribution in [2.24, 2.45) is 5.92 Å². The highest BCUT2D eigenvalue weighted by Gasteiger charge is 2.31. The third kappa shape index (κ3) is 6.20. The molecule has 0 N–H and O–H groups in total. The van der Waals surface area contributed by atoms with Gasteiger partial charge in [0.2, 0.25) is 11.8 Å². The van der Waals surface area contributed by atoms with Crippen LogP contribution in [0.3, 0.4) is 0 Å². The summed E-state index contributed by atoms with van der Waals surface area (Å²) in [6.07, 6.45) is 3.48. The van der Waals surface area contributed by atoms with Gasteiger partial charge in [0.15, 0.2) is 0 Å². The van der Waals surface area contributed by atoms with E-state index >= 15 is 0 Å². The quantitative estimate of drug-likeness (QED) is 0.676. The second kappa shape index (κ2) is 10.9. The average Bonchev–Trinajstić information content (AvgIpc) is 2.86. The molecule has 1 unspecified atom stereocenters. The maximum Gasteiger partial charge on any atom is 0.239 e. The van der Waals surface area contributed by atoms with Gasteiger partial charge in [0.25, 0.3) is 0 Å². The van der Waals surface area contributed by atoms with E-state index in [0.29, 0.717) is 32.1 Å². The zero-order valence-corrected chi connectivity index (χ0v) is 19.5. The Balaban J connectivity index is 1.20. The van der Waals surface area contributed by atoms with E-state index in [1.165, 1.54) is 17.7 Å². The van der Waals surface area contributed by atoms with Gasteiger partial charge in [0.1, 0.15) is 5.82 Å². The molecule has 0 spiro atoms. The predicted molar refractivity (Wildman–Crippen MR) is 127 cm³/mol. The highest BCUT2D eigenvalue weighted by molar-refractivity contribution is 5.82. The second-order valence-corrected chi connectivity index (χ2v) is 9.35. The van der Waals surface area contributed by atoms with E-state index in [1.54, 1.807) is 12.1 Å². The zero-order chi connectivity index (χ0) is 23.2. The number of halogens is 1. The lowest BCUT2D eigenvalue weighted by Gasteiger charge is -2.40. The molecule has 0 saturated carbocycles. The molecule has 4 rings (SSSR count). The molecule has 176 valence electrons. The van der Waals surface area contributed by atoms with Crippen molar-refractivity contribution in [2.45, 2.75) is 38.6 Å². The molecule has 2 amide bonds. The Morgan fingerprint density at radius 2 is 1.48 bits per heavy atom. The lowest BCUT2D eigenvalue weighted by Crippen LogP contribution is -2.56. The lowest BCUT2D eigenvalue weighted by molar-refractivity contribution is -0.139. The largest absolute Gasteiger partial charge is 0.341 e. The Labute approximate surface area is 196 Å². The van der Waals surface area contributed by atoms with Gasteiger partial charge < -0.3 is 9.80 Å². The van der Waals surface area contributed by atoms with E-state index in [1.807, 2.05) is 22.8 Å². The minimum atomic E-state index is -0.293. The highest BCUT2D eigenvalue weighted by atomic mass is 19.1. The Bertz CT molecular complexity index is 918. The summed E-state index contributed by atoms with van der Waals surface area (Å²) in [4.78, 5) is 31.8. The minimum Gasteiger partial charge on any atom is -0.341 e. The standard InChI is InChI=1S/C27H34FN3O2/c1-21(27(33)31-13-11-24(12-14-31)19-22-5-3-2-4-6-22)29-15-17-30(18-16-29)26(32)20-23-7-9-25(28)10-8-23/h2-10,21,24H,11-20H2,1H3. The van der Waals surface area contributed by atoms with Gasteiger partial charge >= 0.3 is 0 Å². The fourth-order valence-corrected chi connectivity index (χ4v) is 4.97. The number of piperidine rings is 1. The minimum absolute atomic E-state index is 0.0562. The number of carbonyl (C=O) groups is 2. The molecule has 5 nitrogen and oxygen atoms in total.